The molecule has 0 aliphatic carbocycles. The minimum absolute atomic E-state index is 0.130. The molecule has 2 aliphatic rings. The van der Waals surface area contributed by atoms with E-state index in [4.69, 9.17) is 13.7 Å². The Morgan fingerprint density at radius 3 is 2.55 bits per heavy atom. The van der Waals surface area contributed by atoms with Crippen LogP contribution in [0.1, 0.15) is 12.0 Å². The van der Waals surface area contributed by atoms with E-state index in [2.05, 4.69) is 5.32 Å². The van der Waals surface area contributed by atoms with E-state index in [1.807, 2.05) is 0 Å². The third-order valence-electron chi connectivity index (χ3n) is 3.61. The van der Waals surface area contributed by atoms with Crippen molar-refractivity contribution in [2.75, 3.05) is 20.0 Å². The standard InChI is InChI=1S/C13H13NO5S/c1-17-9-3-7-8(4-10(9)18-2)19-20-6-13(7)5-11(15)14-12(13)16/h3-4H,5-6H2,1-2H3,(H,14,15,16). The highest BCUT2D eigenvalue weighted by Crippen LogP contribution is 2.49. The smallest absolute Gasteiger partial charge is 0.238 e. The summed E-state index contributed by atoms with van der Waals surface area (Å²) in [5.74, 6) is 1.41. The predicted octanol–water partition coefficient (Wildman–Crippen LogP) is 1.03. The highest BCUT2D eigenvalue weighted by Gasteiger charge is 2.52. The number of ether oxygens (including phenoxy) is 2. The Bertz CT molecular complexity index is 603. The molecular formula is C13H13NO5S. The van der Waals surface area contributed by atoms with Crippen molar-refractivity contribution in [2.24, 2.45) is 0 Å². The predicted molar refractivity (Wildman–Crippen MR) is 72.1 cm³/mol. The van der Waals surface area contributed by atoms with E-state index in [-0.39, 0.29) is 18.2 Å². The molecule has 1 fully saturated rings. The minimum Gasteiger partial charge on any atom is -0.493 e. The molecule has 7 heteroatoms. The lowest BCUT2D eigenvalue weighted by atomic mass is 9.80. The monoisotopic (exact) mass is 295 g/mol. The lowest BCUT2D eigenvalue weighted by molar-refractivity contribution is -0.126. The largest absolute Gasteiger partial charge is 0.493 e. The van der Waals surface area contributed by atoms with Crippen molar-refractivity contribution in [3.8, 4) is 17.2 Å². The molecule has 2 aliphatic heterocycles. The molecule has 3 rings (SSSR count). The van der Waals surface area contributed by atoms with Crippen LogP contribution in [0.2, 0.25) is 0 Å². The van der Waals surface area contributed by atoms with Crippen LogP contribution in [0.25, 0.3) is 0 Å². The van der Waals surface area contributed by atoms with Gasteiger partial charge >= 0.3 is 0 Å². The van der Waals surface area contributed by atoms with Crippen LogP contribution in [-0.2, 0) is 15.0 Å². The zero-order valence-electron chi connectivity index (χ0n) is 11.0. The Balaban J connectivity index is 2.18. The zero-order valence-corrected chi connectivity index (χ0v) is 11.8. The summed E-state index contributed by atoms with van der Waals surface area (Å²) in [6, 6.07) is 3.39. The molecule has 1 aromatic rings. The summed E-state index contributed by atoms with van der Waals surface area (Å²) < 4.78 is 16.0. The van der Waals surface area contributed by atoms with Gasteiger partial charge in [0.25, 0.3) is 0 Å². The summed E-state index contributed by atoms with van der Waals surface area (Å²) in [6.07, 6.45) is 0.130. The van der Waals surface area contributed by atoms with Gasteiger partial charge in [-0.3, -0.25) is 14.9 Å². The number of imide groups is 1. The number of fused-ring (bicyclic) bond motifs is 2. The van der Waals surface area contributed by atoms with Crippen LogP contribution in [0.3, 0.4) is 0 Å². The number of carbonyl (C=O) groups is 2. The average molecular weight is 295 g/mol. The maximum Gasteiger partial charge on any atom is 0.238 e. The number of methoxy groups -OCH3 is 2. The number of carbonyl (C=O) groups excluding carboxylic acids is 2. The summed E-state index contributed by atoms with van der Waals surface area (Å²) in [7, 11) is 3.05. The van der Waals surface area contributed by atoms with E-state index in [0.29, 0.717) is 28.6 Å². The van der Waals surface area contributed by atoms with Crippen molar-refractivity contribution in [3.05, 3.63) is 17.7 Å². The van der Waals surface area contributed by atoms with Crippen LogP contribution in [0.15, 0.2) is 12.1 Å². The maximum atomic E-state index is 12.2. The van der Waals surface area contributed by atoms with Crippen LogP contribution < -0.4 is 19.0 Å². The lowest BCUT2D eigenvalue weighted by Gasteiger charge is -2.31. The molecule has 1 unspecified atom stereocenters. The third kappa shape index (κ3) is 1.73. The molecule has 2 heterocycles. The average Bonchev–Trinajstić information content (AvgIpc) is 2.73. The van der Waals surface area contributed by atoms with Gasteiger partial charge in [-0.25, -0.2) is 0 Å². The molecule has 20 heavy (non-hydrogen) atoms. The first kappa shape index (κ1) is 13.1. The summed E-state index contributed by atoms with van der Waals surface area (Å²) in [5.41, 5.74) is -0.216. The molecule has 1 saturated heterocycles. The van der Waals surface area contributed by atoms with Crippen molar-refractivity contribution in [1.29, 1.82) is 0 Å². The van der Waals surface area contributed by atoms with Crippen LogP contribution in [0.4, 0.5) is 0 Å². The van der Waals surface area contributed by atoms with Crippen molar-refractivity contribution in [2.45, 2.75) is 11.8 Å². The van der Waals surface area contributed by atoms with Gasteiger partial charge in [0, 0.05) is 18.1 Å². The van der Waals surface area contributed by atoms with Crippen LogP contribution in [0.5, 0.6) is 17.2 Å². The normalized spacial score (nSPS) is 24.1. The molecule has 1 N–H and O–H groups in total. The molecule has 0 radical (unpaired) electrons. The van der Waals surface area contributed by atoms with E-state index < -0.39 is 5.41 Å². The highest BCUT2D eigenvalue weighted by atomic mass is 32.2. The highest BCUT2D eigenvalue weighted by molar-refractivity contribution is 7.95. The lowest BCUT2D eigenvalue weighted by Crippen LogP contribution is -2.40. The SMILES string of the molecule is COc1cc2c(cc1OC)C1(CSO2)CC(=O)NC1=O. The van der Waals surface area contributed by atoms with E-state index >= 15 is 0 Å². The van der Waals surface area contributed by atoms with E-state index in [0.717, 1.165) is 12.0 Å². The second-order valence-electron chi connectivity index (χ2n) is 4.69. The second kappa shape index (κ2) is 4.59. The quantitative estimate of drug-likeness (QED) is 0.649. The van der Waals surface area contributed by atoms with Crippen LogP contribution in [0, 0.1) is 0 Å². The molecule has 0 aromatic heterocycles. The van der Waals surface area contributed by atoms with E-state index in [1.54, 1.807) is 12.1 Å². The van der Waals surface area contributed by atoms with Gasteiger partial charge < -0.3 is 13.7 Å². The Kier molecular flexibility index (Phi) is 3.01. The fourth-order valence-electron chi connectivity index (χ4n) is 2.55. The molecule has 106 valence electrons. The van der Waals surface area contributed by atoms with Crippen molar-refractivity contribution in [3.63, 3.8) is 0 Å². The van der Waals surface area contributed by atoms with Gasteiger partial charge in [-0.1, -0.05) is 0 Å². The Morgan fingerprint density at radius 2 is 1.95 bits per heavy atom. The van der Waals surface area contributed by atoms with Crippen LogP contribution >= 0.6 is 12.0 Å². The van der Waals surface area contributed by atoms with E-state index in [9.17, 15) is 9.59 Å². The Morgan fingerprint density at radius 1 is 1.25 bits per heavy atom. The number of hydrogen-bond acceptors (Lipinski definition) is 6. The molecule has 1 atom stereocenters. The number of nitrogens with one attached hydrogen (secondary N) is 1. The van der Waals surface area contributed by atoms with Crippen LogP contribution in [-0.4, -0.2) is 31.8 Å². The van der Waals surface area contributed by atoms with E-state index in [1.165, 1.54) is 14.2 Å². The molecule has 6 nitrogen and oxygen atoms in total. The molecule has 2 amide bonds. The van der Waals surface area contributed by atoms with Gasteiger partial charge in [0.05, 0.1) is 37.4 Å². The molecular weight excluding hydrogens is 282 g/mol. The second-order valence-corrected chi connectivity index (χ2v) is 5.38. The Labute approximate surface area is 120 Å². The van der Waals surface area contributed by atoms with Gasteiger partial charge in [-0.15, -0.1) is 0 Å². The first-order valence-corrected chi connectivity index (χ1v) is 6.92. The van der Waals surface area contributed by atoms with Gasteiger partial charge in [-0.2, -0.15) is 0 Å². The minimum atomic E-state index is -0.880. The molecule has 1 aromatic carbocycles. The summed E-state index contributed by atoms with van der Waals surface area (Å²) in [6.45, 7) is 0. The van der Waals surface area contributed by atoms with Gasteiger partial charge in [0.1, 0.15) is 5.75 Å². The number of amides is 2. The zero-order chi connectivity index (χ0) is 14.3. The third-order valence-corrected chi connectivity index (χ3v) is 4.51. The van der Waals surface area contributed by atoms with Crippen molar-refractivity contribution in [1.82, 2.24) is 5.32 Å². The first-order valence-electron chi connectivity index (χ1n) is 6.01. The molecule has 0 saturated carbocycles. The first-order chi connectivity index (χ1) is 9.60. The van der Waals surface area contributed by atoms with Gasteiger partial charge in [0.2, 0.25) is 11.8 Å². The summed E-state index contributed by atoms with van der Waals surface area (Å²) in [4.78, 5) is 23.8. The Hall–Kier alpha value is -1.89. The molecule has 0 bridgehead atoms. The topological polar surface area (TPSA) is 73.9 Å². The fourth-order valence-corrected chi connectivity index (χ4v) is 3.47. The number of benzene rings is 1. The maximum absolute atomic E-state index is 12.2. The fraction of sp³-hybridized carbons (Fsp3) is 0.385. The van der Waals surface area contributed by atoms with Gasteiger partial charge in [0.15, 0.2) is 11.5 Å². The van der Waals surface area contributed by atoms with Gasteiger partial charge in [-0.05, 0) is 6.07 Å². The van der Waals surface area contributed by atoms with Crippen molar-refractivity contribution >= 4 is 23.9 Å². The molecule has 1 spiro atoms. The number of rotatable bonds is 2. The summed E-state index contributed by atoms with van der Waals surface area (Å²) in [5, 5.41) is 2.37. The number of hydrogen-bond donors (Lipinski definition) is 1. The summed E-state index contributed by atoms with van der Waals surface area (Å²) >= 11 is 1.16. The van der Waals surface area contributed by atoms with Crippen molar-refractivity contribution < 1.29 is 23.2 Å².